The summed E-state index contributed by atoms with van der Waals surface area (Å²) in [5.74, 6) is 0. The molecule has 0 radical (unpaired) electrons. The van der Waals surface area contributed by atoms with Crippen molar-refractivity contribution in [2.24, 2.45) is 0 Å². The van der Waals surface area contributed by atoms with Crippen LogP contribution in [0.25, 0.3) is 88.7 Å². The predicted molar refractivity (Wildman–Crippen MR) is 340 cm³/mol. The molecule has 12 aromatic carbocycles. The molecule has 0 aliphatic heterocycles. The lowest BCUT2D eigenvalue weighted by molar-refractivity contribution is 0.586. The molecule has 80 heavy (non-hydrogen) atoms. The summed E-state index contributed by atoms with van der Waals surface area (Å²) in [5.41, 5.74) is 27.8. The summed E-state index contributed by atoms with van der Waals surface area (Å²) in [4.78, 5) is 2.52. The van der Waals surface area contributed by atoms with E-state index in [0.717, 1.165) is 22.6 Å². The number of anilines is 3. The van der Waals surface area contributed by atoms with Crippen molar-refractivity contribution in [1.82, 2.24) is 0 Å². The number of hydrogen-bond acceptors (Lipinski definition) is 1. The number of rotatable bonds is 8. The van der Waals surface area contributed by atoms with Crippen molar-refractivity contribution < 1.29 is 0 Å². The summed E-state index contributed by atoms with van der Waals surface area (Å²) >= 11 is 0. The Morgan fingerprint density at radius 2 is 0.675 bits per heavy atom. The van der Waals surface area contributed by atoms with Crippen LogP contribution in [0.3, 0.4) is 0 Å². The van der Waals surface area contributed by atoms with Crippen LogP contribution in [-0.2, 0) is 16.2 Å². The Kier molecular flexibility index (Phi) is 11.6. The first-order valence-corrected chi connectivity index (χ1v) is 28.3. The van der Waals surface area contributed by atoms with Crippen molar-refractivity contribution in [2.45, 2.75) is 57.8 Å². The van der Waals surface area contributed by atoms with Gasteiger partial charge in [0.2, 0.25) is 0 Å². The monoisotopic (exact) mass is 1030 g/mol. The summed E-state index contributed by atoms with van der Waals surface area (Å²) in [5, 5.41) is 2.52. The topological polar surface area (TPSA) is 3.24 Å². The van der Waals surface area contributed by atoms with Crippen LogP contribution in [-0.4, -0.2) is 0 Å². The maximum atomic E-state index is 2.55. The van der Waals surface area contributed by atoms with Gasteiger partial charge in [0.15, 0.2) is 0 Å². The molecule has 0 saturated carbocycles. The van der Waals surface area contributed by atoms with Gasteiger partial charge in [0.1, 0.15) is 0 Å². The second-order valence-electron chi connectivity index (χ2n) is 24.0. The van der Waals surface area contributed by atoms with Gasteiger partial charge in [-0.3, -0.25) is 0 Å². The first kappa shape index (κ1) is 49.0. The maximum Gasteiger partial charge on any atom is 0.0726 e. The molecule has 1 heteroatoms. The van der Waals surface area contributed by atoms with E-state index in [1.54, 1.807) is 0 Å². The Morgan fingerprint density at radius 1 is 0.263 bits per heavy atom. The van der Waals surface area contributed by atoms with Gasteiger partial charge >= 0.3 is 0 Å². The molecule has 0 bridgehead atoms. The highest BCUT2D eigenvalue weighted by molar-refractivity contribution is 6.01. The molecule has 2 aliphatic rings. The maximum absolute atomic E-state index is 2.55. The fourth-order valence-electron chi connectivity index (χ4n) is 13.2. The summed E-state index contributed by atoms with van der Waals surface area (Å²) in [6.45, 7) is 14.1. The molecular formula is C79H63N. The first-order chi connectivity index (χ1) is 38.9. The minimum absolute atomic E-state index is 0.0479. The molecule has 0 unspecified atom stereocenters. The fourth-order valence-corrected chi connectivity index (χ4v) is 13.2. The van der Waals surface area contributed by atoms with Crippen molar-refractivity contribution in [3.8, 4) is 77.9 Å². The van der Waals surface area contributed by atoms with Gasteiger partial charge in [-0.15, -0.1) is 0 Å². The zero-order valence-electron chi connectivity index (χ0n) is 46.4. The SMILES string of the molecule is CC(C)(C)c1ccc2c(c1)C1(c3ccccc3-c3ccc(N(c4ccc(-c5ccc(-c6cccc7ccccc67)cc5)cc4)c4ccccc4-c4ccccc4-c4ccccc4-c4ccccc4)cc31)c1cc(C(C)(C)C)ccc1-2. The zero-order chi connectivity index (χ0) is 54.3. The van der Waals surface area contributed by atoms with Gasteiger partial charge in [-0.1, -0.05) is 284 Å². The van der Waals surface area contributed by atoms with E-state index in [2.05, 4.69) is 319 Å². The lowest BCUT2D eigenvalue weighted by Gasteiger charge is -2.34. The lowest BCUT2D eigenvalue weighted by atomic mass is 9.68. The number of hydrogen-bond donors (Lipinski definition) is 0. The van der Waals surface area contributed by atoms with Gasteiger partial charge in [0, 0.05) is 16.9 Å². The van der Waals surface area contributed by atoms with E-state index in [-0.39, 0.29) is 10.8 Å². The molecule has 14 rings (SSSR count). The molecule has 0 saturated heterocycles. The number of nitrogens with zero attached hydrogens (tertiary/aromatic N) is 1. The number of para-hydroxylation sites is 1. The smallest absolute Gasteiger partial charge is 0.0726 e. The predicted octanol–water partition coefficient (Wildman–Crippen LogP) is 21.6. The van der Waals surface area contributed by atoms with E-state index >= 15 is 0 Å². The molecule has 2 aliphatic carbocycles. The minimum Gasteiger partial charge on any atom is -0.310 e. The summed E-state index contributed by atoms with van der Waals surface area (Å²) in [6, 6.07) is 102. The molecule has 0 aromatic heterocycles. The van der Waals surface area contributed by atoms with E-state index in [1.807, 2.05) is 0 Å². The molecule has 0 atom stereocenters. The number of fused-ring (bicyclic) bond motifs is 11. The van der Waals surface area contributed by atoms with Crippen molar-refractivity contribution in [2.75, 3.05) is 4.90 Å². The average molecular weight is 1030 g/mol. The fraction of sp³-hybridized carbons (Fsp3) is 0.114. The third-order valence-corrected chi connectivity index (χ3v) is 17.3. The molecule has 12 aromatic rings. The summed E-state index contributed by atoms with van der Waals surface area (Å²) in [6.07, 6.45) is 0. The largest absolute Gasteiger partial charge is 0.310 e. The molecule has 0 amide bonds. The van der Waals surface area contributed by atoms with Crippen LogP contribution >= 0.6 is 0 Å². The minimum atomic E-state index is -0.559. The molecule has 1 spiro atoms. The number of benzene rings is 12. The Hall–Kier alpha value is -9.30. The second-order valence-corrected chi connectivity index (χ2v) is 24.0. The zero-order valence-corrected chi connectivity index (χ0v) is 46.4. The lowest BCUT2D eigenvalue weighted by Crippen LogP contribution is -2.27. The van der Waals surface area contributed by atoms with Crippen LogP contribution in [0.4, 0.5) is 17.1 Å². The molecular weight excluding hydrogens is 963 g/mol. The Bertz CT molecular complexity index is 4280. The van der Waals surface area contributed by atoms with Crippen LogP contribution in [0.15, 0.2) is 273 Å². The Morgan fingerprint density at radius 3 is 1.31 bits per heavy atom. The van der Waals surface area contributed by atoms with Crippen molar-refractivity contribution in [3.63, 3.8) is 0 Å². The van der Waals surface area contributed by atoms with Crippen molar-refractivity contribution >= 4 is 27.8 Å². The first-order valence-electron chi connectivity index (χ1n) is 28.3. The Labute approximate surface area is 472 Å². The van der Waals surface area contributed by atoms with Gasteiger partial charge in [-0.2, -0.15) is 0 Å². The van der Waals surface area contributed by atoms with Gasteiger partial charge in [0.05, 0.1) is 11.1 Å². The van der Waals surface area contributed by atoms with Crippen molar-refractivity contribution in [1.29, 1.82) is 0 Å². The van der Waals surface area contributed by atoms with E-state index in [4.69, 9.17) is 0 Å². The molecule has 0 N–H and O–H groups in total. The summed E-state index contributed by atoms with van der Waals surface area (Å²) in [7, 11) is 0. The van der Waals surface area contributed by atoms with Gasteiger partial charge in [-0.05, 0) is 158 Å². The average Bonchev–Trinajstić information content (AvgIpc) is 2.23. The summed E-state index contributed by atoms with van der Waals surface area (Å²) < 4.78 is 0. The molecule has 0 heterocycles. The van der Waals surface area contributed by atoms with Crippen LogP contribution < -0.4 is 4.90 Å². The van der Waals surface area contributed by atoms with Gasteiger partial charge in [-0.25, -0.2) is 0 Å². The molecule has 1 nitrogen and oxygen atoms in total. The van der Waals surface area contributed by atoms with Crippen LogP contribution in [0.2, 0.25) is 0 Å². The van der Waals surface area contributed by atoms with E-state index < -0.39 is 5.41 Å². The second kappa shape index (κ2) is 19.0. The highest BCUT2D eigenvalue weighted by Crippen LogP contribution is 2.64. The molecule has 384 valence electrons. The Balaban J connectivity index is 0.981. The molecule has 0 fully saturated rings. The van der Waals surface area contributed by atoms with E-state index in [1.165, 1.54) is 116 Å². The van der Waals surface area contributed by atoms with Crippen LogP contribution in [0.5, 0.6) is 0 Å². The third-order valence-electron chi connectivity index (χ3n) is 17.3. The third kappa shape index (κ3) is 7.98. The van der Waals surface area contributed by atoms with Gasteiger partial charge < -0.3 is 4.90 Å². The highest BCUT2D eigenvalue weighted by Gasteiger charge is 2.52. The van der Waals surface area contributed by atoms with Crippen LogP contribution in [0.1, 0.15) is 74.9 Å². The van der Waals surface area contributed by atoms with Gasteiger partial charge in [0.25, 0.3) is 0 Å². The quantitative estimate of drug-likeness (QED) is 0.147. The highest BCUT2D eigenvalue weighted by atomic mass is 15.1. The van der Waals surface area contributed by atoms with E-state index in [0.29, 0.717) is 0 Å². The normalized spacial score (nSPS) is 13.0. The standard InChI is InChI=1S/C79H63N/c1-77(2,3)57-41-46-68-69-47-42-58(78(4,5)6)50-74(69)79(73(68)49-57)72-33-18-16-30-67(72)70-48-45-60(51-75(70)79)80(59-43-39-53(40-44-59)52-35-37-56(38-36-52)62-32-20-24-55-23-10-11-25-61(55)62)76-34-19-17-31-71(76)66-29-15-14-28-65(66)64-27-13-12-26-63(64)54-21-8-7-9-22-54/h7-51H,1-6H3. The van der Waals surface area contributed by atoms with Crippen molar-refractivity contribution in [3.05, 3.63) is 306 Å². The van der Waals surface area contributed by atoms with E-state index in [9.17, 15) is 0 Å². The van der Waals surface area contributed by atoms with Crippen LogP contribution in [0, 0.1) is 0 Å².